The van der Waals surface area contributed by atoms with Crippen molar-refractivity contribution in [2.24, 2.45) is 0 Å². The van der Waals surface area contributed by atoms with Crippen molar-refractivity contribution in [1.82, 2.24) is 0 Å². The lowest BCUT2D eigenvalue weighted by Crippen LogP contribution is -2.04. The number of hydrogen-bond acceptors (Lipinski definition) is 4. The fourth-order valence-corrected chi connectivity index (χ4v) is 1.74. The highest BCUT2D eigenvalue weighted by Crippen LogP contribution is 2.36. The van der Waals surface area contributed by atoms with Gasteiger partial charge in [0.05, 0.1) is 19.4 Å². The van der Waals surface area contributed by atoms with Gasteiger partial charge in [0.1, 0.15) is 0 Å². The molecular formula is C15H21NO4. The molecule has 0 aliphatic carbocycles. The molecule has 5 heteroatoms. The van der Waals surface area contributed by atoms with Crippen molar-refractivity contribution in [1.29, 1.82) is 0 Å². The summed E-state index contributed by atoms with van der Waals surface area (Å²) < 4.78 is 10.9. The number of nitrogen functional groups attached to an aromatic ring is 1. The summed E-state index contributed by atoms with van der Waals surface area (Å²) in [6.07, 6.45) is 5.61. The molecule has 20 heavy (non-hydrogen) atoms. The molecule has 0 atom stereocenters. The smallest absolute Gasteiger partial charge is 0.328 e. The van der Waals surface area contributed by atoms with Crippen molar-refractivity contribution in [2.45, 2.75) is 26.2 Å². The second-order valence-corrected chi connectivity index (χ2v) is 4.33. The Labute approximate surface area is 119 Å². The van der Waals surface area contributed by atoms with Gasteiger partial charge in [0.15, 0.2) is 11.5 Å². The molecule has 0 saturated carbocycles. The van der Waals surface area contributed by atoms with E-state index in [4.69, 9.17) is 20.3 Å². The predicted octanol–water partition coefficient (Wildman–Crippen LogP) is 2.94. The average molecular weight is 279 g/mol. The summed E-state index contributed by atoms with van der Waals surface area (Å²) in [5.74, 6) is -0.00625. The van der Waals surface area contributed by atoms with Crippen LogP contribution in [0.25, 0.3) is 6.08 Å². The SMILES string of the molecule is CCCCCOc1c(OC)ccc(C=CC(=O)O)c1N. The second-order valence-electron chi connectivity index (χ2n) is 4.33. The minimum absolute atomic E-state index is 0.387. The Balaban J connectivity index is 2.93. The van der Waals surface area contributed by atoms with E-state index in [0.717, 1.165) is 25.3 Å². The number of methoxy groups -OCH3 is 1. The van der Waals surface area contributed by atoms with Gasteiger partial charge >= 0.3 is 5.97 Å². The fourth-order valence-electron chi connectivity index (χ4n) is 1.74. The van der Waals surface area contributed by atoms with Gasteiger partial charge in [-0.05, 0) is 24.6 Å². The molecule has 0 aliphatic heterocycles. The molecule has 1 rings (SSSR count). The van der Waals surface area contributed by atoms with Crippen LogP contribution in [0.4, 0.5) is 5.69 Å². The van der Waals surface area contributed by atoms with E-state index in [2.05, 4.69) is 6.92 Å². The first-order valence-corrected chi connectivity index (χ1v) is 6.60. The van der Waals surface area contributed by atoms with E-state index in [1.165, 1.54) is 6.08 Å². The second kappa shape index (κ2) is 8.09. The Morgan fingerprint density at radius 3 is 2.75 bits per heavy atom. The number of unbranched alkanes of at least 4 members (excludes halogenated alkanes) is 2. The maximum atomic E-state index is 10.6. The Kier molecular flexibility index (Phi) is 6.43. The van der Waals surface area contributed by atoms with E-state index < -0.39 is 5.97 Å². The highest BCUT2D eigenvalue weighted by molar-refractivity contribution is 5.87. The summed E-state index contributed by atoms with van der Waals surface area (Å²) in [5, 5.41) is 8.65. The van der Waals surface area contributed by atoms with Gasteiger partial charge in [-0.25, -0.2) is 4.79 Å². The molecule has 0 aromatic heterocycles. The third-order valence-corrected chi connectivity index (χ3v) is 2.81. The van der Waals surface area contributed by atoms with Crippen LogP contribution in [-0.4, -0.2) is 24.8 Å². The molecule has 5 nitrogen and oxygen atoms in total. The van der Waals surface area contributed by atoms with Crippen molar-refractivity contribution in [2.75, 3.05) is 19.5 Å². The van der Waals surface area contributed by atoms with Crippen molar-refractivity contribution in [3.63, 3.8) is 0 Å². The number of benzene rings is 1. The van der Waals surface area contributed by atoms with Gasteiger partial charge in [0.25, 0.3) is 0 Å². The first-order chi connectivity index (χ1) is 9.60. The third kappa shape index (κ3) is 4.50. The zero-order chi connectivity index (χ0) is 15.0. The van der Waals surface area contributed by atoms with Gasteiger partial charge in [-0.2, -0.15) is 0 Å². The van der Waals surface area contributed by atoms with Gasteiger partial charge < -0.3 is 20.3 Å². The number of nitrogens with two attached hydrogens (primary N) is 1. The van der Waals surface area contributed by atoms with Crippen LogP contribution in [0.2, 0.25) is 0 Å². The summed E-state index contributed by atoms with van der Waals surface area (Å²) >= 11 is 0. The van der Waals surface area contributed by atoms with Crippen LogP contribution in [0.5, 0.6) is 11.5 Å². The number of rotatable bonds is 8. The number of carboxylic acids is 1. The van der Waals surface area contributed by atoms with Crippen LogP contribution in [-0.2, 0) is 4.79 Å². The van der Waals surface area contributed by atoms with E-state index in [0.29, 0.717) is 29.4 Å². The zero-order valence-corrected chi connectivity index (χ0v) is 11.9. The summed E-state index contributed by atoms with van der Waals surface area (Å²) in [4.78, 5) is 10.6. The van der Waals surface area contributed by atoms with E-state index in [9.17, 15) is 4.79 Å². The highest BCUT2D eigenvalue weighted by atomic mass is 16.5. The first kappa shape index (κ1) is 15.9. The van der Waals surface area contributed by atoms with Crippen molar-refractivity contribution in [3.05, 3.63) is 23.8 Å². The largest absolute Gasteiger partial charge is 0.493 e. The molecule has 0 saturated heterocycles. The molecule has 0 amide bonds. The van der Waals surface area contributed by atoms with Gasteiger partial charge in [0.2, 0.25) is 0 Å². The molecule has 0 fully saturated rings. The molecule has 110 valence electrons. The van der Waals surface area contributed by atoms with E-state index in [1.807, 2.05) is 0 Å². The topological polar surface area (TPSA) is 81.8 Å². The maximum Gasteiger partial charge on any atom is 0.328 e. The first-order valence-electron chi connectivity index (χ1n) is 6.60. The lowest BCUT2D eigenvalue weighted by molar-refractivity contribution is -0.131. The van der Waals surface area contributed by atoms with E-state index in [-0.39, 0.29) is 0 Å². The standard InChI is InChI=1S/C15H21NO4/c1-3-4-5-10-20-15-12(19-2)8-6-11(14(15)16)7-9-13(17)18/h6-9H,3-5,10,16H2,1-2H3,(H,17,18). The quantitative estimate of drug-likeness (QED) is 0.434. The van der Waals surface area contributed by atoms with Crippen LogP contribution in [0.15, 0.2) is 18.2 Å². The van der Waals surface area contributed by atoms with Crippen LogP contribution >= 0.6 is 0 Å². The maximum absolute atomic E-state index is 10.6. The monoisotopic (exact) mass is 279 g/mol. The molecular weight excluding hydrogens is 258 g/mol. The predicted molar refractivity (Wildman–Crippen MR) is 79.1 cm³/mol. The number of aliphatic carboxylic acids is 1. The Morgan fingerprint density at radius 2 is 2.15 bits per heavy atom. The van der Waals surface area contributed by atoms with Gasteiger partial charge in [-0.15, -0.1) is 0 Å². The molecule has 0 aliphatic rings. The van der Waals surface area contributed by atoms with Crippen LogP contribution in [0.3, 0.4) is 0 Å². The van der Waals surface area contributed by atoms with Crippen molar-refractivity contribution in [3.8, 4) is 11.5 Å². The normalized spacial score (nSPS) is 10.7. The molecule has 0 spiro atoms. The number of carbonyl (C=O) groups is 1. The number of anilines is 1. The molecule has 1 aromatic rings. The van der Waals surface area contributed by atoms with Crippen LogP contribution < -0.4 is 15.2 Å². The van der Waals surface area contributed by atoms with Crippen molar-refractivity contribution >= 4 is 17.7 Å². The molecule has 3 N–H and O–H groups in total. The minimum Gasteiger partial charge on any atom is -0.493 e. The number of ether oxygens (including phenoxy) is 2. The van der Waals surface area contributed by atoms with Crippen LogP contribution in [0.1, 0.15) is 31.7 Å². The van der Waals surface area contributed by atoms with Gasteiger partial charge in [-0.3, -0.25) is 0 Å². The fraction of sp³-hybridized carbons (Fsp3) is 0.400. The Hall–Kier alpha value is -2.17. The summed E-state index contributed by atoms with van der Waals surface area (Å²) in [7, 11) is 1.54. The average Bonchev–Trinajstić information content (AvgIpc) is 2.43. The zero-order valence-electron chi connectivity index (χ0n) is 11.9. The van der Waals surface area contributed by atoms with Crippen LogP contribution in [0, 0.1) is 0 Å². The lowest BCUT2D eigenvalue weighted by atomic mass is 10.1. The molecule has 0 bridgehead atoms. The van der Waals surface area contributed by atoms with E-state index in [1.54, 1.807) is 19.2 Å². The highest BCUT2D eigenvalue weighted by Gasteiger charge is 2.11. The third-order valence-electron chi connectivity index (χ3n) is 2.81. The summed E-state index contributed by atoms with van der Waals surface area (Å²) in [6, 6.07) is 3.42. The lowest BCUT2D eigenvalue weighted by Gasteiger charge is -2.14. The van der Waals surface area contributed by atoms with E-state index >= 15 is 0 Å². The van der Waals surface area contributed by atoms with Gasteiger partial charge in [0, 0.05) is 11.6 Å². The minimum atomic E-state index is -1.02. The Morgan fingerprint density at radius 1 is 1.40 bits per heavy atom. The molecule has 0 radical (unpaired) electrons. The summed E-state index contributed by atoms with van der Waals surface area (Å²) in [6.45, 7) is 2.67. The molecule has 0 unspecified atom stereocenters. The number of hydrogen-bond donors (Lipinski definition) is 2. The number of carboxylic acid groups (broad SMARTS) is 1. The summed E-state index contributed by atoms with van der Waals surface area (Å²) in [5.41, 5.74) is 6.99. The molecule has 0 heterocycles. The van der Waals surface area contributed by atoms with Crippen molar-refractivity contribution < 1.29 is 19.4 Å². The molecule has 1 aromatic carbocycles. The van der Waals surface area contributed by atoms with Gasteiger partial charge in [-0.1, -0.05) is 19.8 Å². The Bertz CT molecular complexity index is 483.